The number of rotatable bonds is 9. The Morgan fingerprint density at radius 2 is 1.60 bits per heavy atom. The fourth-order valence-corrected chi connectivity index (χ4v) is 5.38. The molecular weight excluding hydrogens is 471 g/mol. The van der Waals surface area contributed by atoms with Gasteiger partial charge in [0, 0.05) is 24.8 Å². The summed E-state index contributed by atoms with van der Waals surface area (Å²) in [5.74, 6) is -1.45. The van der Waals surface area contributed by atoms with E-state index in [1.165, 1.54) is 36.4 Å². The van der Waals surface area contributed by atoms with Gasteiger partial charge in [-0.2, -0.15) is 4.31 Å². The summed E-state index contributed by atoms with van der Waals surface area (Å²) in [6.07, 6.45) is 0. The molecule has 0 spiro atoms. The van der Waals surface area contributed by atoms with Crippen molar-refractivity contribution < 1.29 is 27.1 Å². The number of benzene rings is 2. The number of hydrogen-bond acceptors (Lipinski definition) is 5. The van der Waals surface area contributed by atoms with Gasteiger partial charge in [-0.15, -0.1) is 0 Å². The number of ether oxygens (including phenoxy) is 1. The van der Waals surface area contributed by atoms with Gasteiger partial charge in [0.2, 0.25) is 10.0 Å². The summed E-state index contributed by atoms with van der Waals surface area (Å²) in [6.45, 7) is 6.48. The lowest BCUT2D eigenvalue weighted by Crippen LogP contribution is -2.35. The maximum Gasteiger partial charge on any atom is 0.355 e. The summed E-state index contributed by atoms with van der Waals surface area (Å²) in [5.41, 5.74) is 2.92. The molecular formula is C26H29FN2O5S. The smallest absolute Gasteiger partial charge is 0.355 e. The molecule has 7 nitrogen and oxygen atoms in total. The van der Waals surface area contributed by atoms with Gasteiger partial charge in [-0.1, -0.05) is 29.8 Å². The van der Waals surface area contributed by atoms with Gasteiger partial charge in [0.15, 0.2) is 5.78 Å². The average Bonchev–Trinajstić information content (AvgIpc) is 3.03. The van der Waals surface area contributed by atoms with Gasteiger partial charge in [-0.25, -0.2) is 17.6 Å². The summed E-state index contributed by atoms with van der Waals surface area (Å²) < 4.78 is 48.3. The molecule has 0 N–H and O–H groups in total. The van der Waals surface area contributed by atoms with Crippen LogP contribution in [0.5, 0.6) is 0 Å². The number of carbonyl (C=O) groups excluding carboxylic acids is 2. The van der Waals surface area contributed by atoms with E-state index >= 15 is 0 Å². The molecule has 0 amide bonds. The van der Waals surface area contributed by atoms with E-state index in [4.69, 9.17) is 4.74 Å². The number of ketones is 1. The molecule has 0 atom stereocenters. The molecule has 0 radical (unpaired) electrons. The monoisotopic (exact) mass is 500 g/mol. The molecule has 3 aromatic rings. The quantitative estimate of drug-likeness (QED) is 0.322. The number of halogens is 1. The highest BCUT2D eigenvalue weighted by Crippen LogP contribution is 2.25. The number of nitrogens with zero attached hydrogens (tertiary/aromatic N) is 2. The Morgan fingerprint density at radius 3 is 2.17 bits per heavy atom. The largest absolute Gasteiger partial charge is 0.461 e. The van der Waals surface area contributed by atoms with Crippen molar-refractivity contribution in [2.24, 2.45) is 7.05 Å². The average molecular weight is 501 g/mol. The predicted octanol–water partition coefficient (Wildman–Crippen LogP) is 4.34. The maximum atomic E-state index is 13.5. The molecule has 0 fully saturated rings. The van der Waals surface area contributed by atoms with E-state index in [0.717, 1.165) is 9.87 Å². The van der Waals surface area contributed by atoms with Gasteiger partial charge in [-0.05, 0) is 63.1 Å². The van der Waals surface area contributed by atoms with E-state index in [9.17, 15) is 22.4 Å². The van der Waals surface area contributed by atoms with Gasteiger partial charge in [0.05, 0.1) is 18.0 Å². The van der Waals surface area contributed by atoms with Crippen LogP contribution in [0, 0.1) is 26.6 Å². The molecule has 0 aliphatic heterocycles. The van der Waals surface area contributed by atoms with Crippen molar-refractivity contribution in [3.63, 3.8) is 0 Å². The lowest BCUT2D eigenvalue weighted by atomic mass is 10.1. The third-order valence-corrected chi connectivity index (χ3v) is 7.73. The van der Waals surface area contributed by atoms with Crippen LogP contribution in [0.2, 0.25) is 0 Å². The van der Waals surface area contributed by atoms with Crippen LogP contribution in [0.25, 0.3) is 0 Å². The molecule has 1 heterocycles. The minimum atomic E-state index is -4.06. The van der Waals surface area contributed by atoms with E-state index in [1.807, 2.05) is 6.92 Å². The number of carbonyl (C=O) groups is 2. The summed E-state index contributed by atoms with van der Waals surface area (Å²) >= 11 is 0. The van der Waals surface area contributed by atoms with Crippen LogP contribution < -0.4 is 0 Å². The first-order chi connectivity index (χ1) is 16.5. The topological polar surface area (TPSA) is 85.7 Å². The van der Waals surface area contributed by atoms with Crippen LogP contribution in [0.1, 0.15) is 50.2 Å². The second-order valence-corrected chi connectivity index (χ2v) is 10.3. The van der Waals surface area contributed by atoms with Crippen LogP contribution in [0.15, 0.2) is 53.4 Å². The van der Waals surface area contributed by atoms with Crippen LogP contribution in [-0.4, -0.2) is 42.2 Å². The Labute approximate surface area is 205 Å². The van der Waals surface area contributed by atoms with E-state index in [-0.39, 0.29) is 29.3 Å². The Balaban J connectivity index is 2.02. The molecule has 0 unspecified atom stereocenters. The molecule has 0 saturated carbocycles. The molecule has 0 aliphatic carbocycles. The Bertz CT molecular complexity index is 1340. The van der Waals surface area contributed by atoms with Crippen molar-refractivity contribution in [3.05, 3.63) is 88.0 Å². The van der Waals surface area contributed by atoms with Gasteiger partial charge in [-0.3, -0.25) is 4.79 Å². The Hall–Kier alpha value is -3.30. The number of aromatic nitrogens is 1. The third-order valence-electron chi connectivity index (χ3n) is 5.93. The number of aryl methyl sites for hydroxylation is 1. The van der Waals surface area contributed by atoms with Gasteiger partial charge < -0.3 is 9.30 Å². The lowest BCUT2D eigenvalue weighted by Gasteiger charge is -2.22. The van der Waals surface area contributed by atoms with Crippen molar-refractivity contribution in [2.45, 2.75) is 39.1 Å². The fraction of sp³-hybridized carbons (Fsp3) is 0.308. The first-order valence-corrected chi connectivity index (χ1v) is 12.6. The molecule has 3 rings (SSSR count). The van der Waals surface area contributed by atoms with Crippen molar-refractivity contribution in [1.82, 2.24) is 8.87 Å². The maximum absolute atomic E-state index is 13.5. The second-order valence-electron chi connectivity index (χ2n) is 8.35. The SMILES string of the molecule is CCOC(=O)c1c(C)c(C(=O)CN(Cc2ccc(F)cc2)S(=O)(=O)c2ccc(C)cc2)c(C)n1C. The number of esters is 1. The zero-order valence-corrected chi connectivity index (χ0v) is 21.3. The standard InChI is InChI=1S/C26H29FN2O5S/c1-6-34-26(31)25-18(3)24(19(4)28(25)5)23(30)16-29(15-20-9-11-21(27)12-10-20)35(32,33)22-13-7-17(2)8-14-22/h7-14H,6,15-16H2,1-5H3. The summed E-state index contributed by atoms with van der Waals surface area (Å²) in [4.78, 5) is 26.0. The van der Waals surface area contributed by atoms with Gasteiger partial charge in [0.25, 0.3) is 0 Å². The summed E-state index contributed by atoms with van der Waals surface area (Å²) in [5, 5.41) is 0. The Kier molecular flexibility index (Phi) is 7.92. The first kappa shape index (κ1) is 26.3. The van der Waals surface area contributed by atoms with Crippen LogP contribution in [-0.2, 0) is 28.4 Å². The highest BCUT2D eigenvalue weighted by Gasteiger charge is 2.31. The number of sulfonamides is 1. The highest BCUT2D eigenvalue weighted by atomic mass is 32.2. The summed E-state index contributed by atoms with van der Waals surface area (Å²) in [7, 11) is -2.41. The number of hydrogen-bond donors (Lipinski definition) is 0. The highest BCUT2D eigenvalue weighted by molar-refractivity contribution is 7.89. The molecule has 0 bridgehead atoms. The molecule has 2 aromatic carbocycles. The second kappa shape index (κ2) is 10.5. The van der Waals surface area contributed by atoms with Gasteiger partial charge in [0.1, 0.15) is 11.5 Å². The Morgan fingerprint density at radius 1 is 1.00 bits per heavy atom. The molecule has 0 aliphatic rings. The normalized spacial score (nSPS) is 11.6. The van der Waals surface area contributed by atoms with Crippen LogP contribution in [0.4, 0.5) is 4.39 Å². The molecule has 186 valence electrons. The fourth-order valence-electron chi connectivity index (χ4n) is 3.99. The van der Waals surface area contributed by atoms with Gasteiger partial charge >= 0.3 is 5.97 Å². The minimum Gasteiger partial charge on any atom is -0.461 e. The van der Waals surface area contributed by atoms with Crippen molar-refractivity contribution >= 4 is 21.8 Å². The van der Waals surface area contributed by atoms with E-state index in [1.54, 1.807) is 44.5 Å². The van der Waals surface area contributed by atoms with E-state index in [0.29, 0.717) is 16.8 Å². The van der Waals surface area contributed by atoms with Crippen molar-refractivity contribution in [2.75, 3.05) is 13.2 Å². The molecule has 9 heteroatoms. The van der Waals surface area contributed by atoms with E-state index < -0.39 is 34.1 Å². The zero-order valence-electron chi connectivity index (χ0n) is 20.5. The van der Waals surface area contributed by atoms with Crippen LogP contribution in [0.3, 0.4) is 0 Å². The minimum absolute atomic E-state index is 0.0479. The molecule has 0 saturated heterocycles. The number of Topliss-reactive ketones (excluding diaryl/α,β-unsaturated/α-hetero) is 1. The zero-order chi connectivity index (χ0) is 25.9. The molecule has 1 aromatic heterocycles. The first-order valence-electron chi connectivity index (χ1n) is 11.1. The predicted molar refractivity (Wildman–Crippen MR) is 130 cm³/mol. The van der Waals surface area contributed by atoms with Crippen molar-refractivity contribution in [1.29, 1.82) is 0 Å². The molecule has 35 heavy (non-hydrogen) atoms. The van der Waals surface area contributed by atoms with Crippen molar-refractivity contribution in [3.8, 4) is 0 Å². The lowest BCUT2D eigenvalue weighted by molar-refractivity contribution is 0.0514. The van der Waals surface area contributed by atoms with E-state index in [2.05, 4.69) is 0 Å². The van der Waals surface area contributed by atoms with Crippen LogP contribution >= 0.6 is 0 Å². The summed E-state index contributed by atoms with van der Waals surface area (Å²) in [6, 6.07) is 11.8. The third kappa shape index (κ3) is 5.52.